The maximum Gasteiger partial charge on any atom is 0.274 e. The number of amides is 1. The number of aromatic nitrogens is 3. The number of carbonyl (C=O) groups excluding carboxylic acids is 2. The molecule has 150 valence electrons. The van der Waals surface area contributed by atoms with Gasteiger partial charge in [-0.25, -0.2) is 9.37 Å². The van der Waals surface area contributed by atoms with Crippen LogP contribution in [0, 0.1) is 11.7 Å². The zero-order chi connectivity index (χ0) is 20.4. The molecule has 4 rings (SSSR count). The van der Waals surface area contributed by atoms with Crippen molar-refractivity contribution < 1.29 is 18.7 Å². The van der Waals surface area contributed by atoms with Crippen molar-refractivity contribution in [3.05, 3.63) is 48.2 Å². The third-order valence-electron chi connectivity index (χ3n) is 5.36. The molecule has 1 N–H and O–H groups in total. The Morgan fingerprint density at radius 1 is 1.28 bits per heavy atom. The van der Waals surface area contributed by atoms with E-state index in [9.17, 15) is 14.0 Å². The summed E-state index contributed by atoms with van der Waals surface area (Å²) in [5.74, 6) is -0.335. The van der Waals surface area contributed by atoms with Crippen molar-refractivity contribution in [3.63, 3.8) is 0 Å². The minimum atomic E-state index is -0.505. The van der Waals surface area contributed by atoms with E-state index >= 15 is 0 Å². The van der Waals surface area contributed by atoms with E-state index in [4.69, 9.17) is 4.74 Å². The van der Waals surface area contributed by atoms with Crippen LogP contribution >= 0.6 is 0 Å². The molecule has 1 saturated carbocycles. The minimum Gasteiger partial charge on any atom is -0.494 e. The van der Waals surface area contributed by atoms with E-state index in [1.165, 1.54) is 19.2 Å². The largest absolute Gasteiger partial charge is 0.494 e. The number of rotatable bonds is 5. The Balaban J connectivity index is 1.58. The first-order valence-corrected chi connectivity index (χ1v) is 9.52. The molecule has 1 fully saturated rings. The topological polar surface area (TPSA) is 86.1 Å². The number of hydrogen-bond acceptors (Lipinski definition) is 5. The van der Waals surface area contributed by atoms with Gasteiger partial charge in [-0.3, -0.25) is 9.48 Å². The zero-order valence-corrected chi connectivity index (χ0v) is 16.0. The molecule has 0 atom stereocenters. The average Bonchev–Trinajstić information content (AvgIpc) is 3.16. The number of carbonyl (C=O) groups is 2. The number of aldehydes is 1. The Labute approximate surface area is 166 Å². The Hall–Kier alpha value is -3.29. The van der Waals surface area contributed by atoms with Gasteiger partial charge >= 0.3 is 0 Å². The van der Waals surface area contributed by atoms with Crippen LogP contribution in [0.2, 0.25) is 0 Å². The van der Waals surface area contributed by atoms with E-state index in [0.29, 0.717) is 11.4 Å². The van der Waals surface area contributed by atoms with Gasteiger partial charge in [-0.15, -0.1) is 0 Å². The normalized spacial score (nSPS) is 19.1. The summed E-state index contributed by atoms with van der Waals surface area (Å²) >= 11 is 0. The third-order valence-corrected chi connectivity index (χ3v) is 5.36. The monoisotopic (exact) mass is 396 g/mol. The van der Waals surface area contributed by atoms with E-state index < -0.39 is 11.7 Å². The average molecular weight is 396 g/mol. The molecule has 0 bridgehead atoms. The van der Waals surface area contributed by atoms with Crippen molar-refractivity contribution >= 4 is 28.8 Å². The van der Waals surface area contributed by atoms with Crippen LogP contribution in [0.3, 0.4) is 0 Å². The first-order valence-electron chi connectivity index (χ1n) is 9.52. The molecule has 0 aliphatic heterocycles. The summed E-state index contributed by atoms with van der Waals surface area (Å²) in [5.41, 5.74) is 1.36. The number of nitrogens with one attached hydrogen (secondary N) is 1. The van der Waals surface area contributed by atoms with Crippen molar-refractivity contribution in [1.29, 1.82) is 0 Å². The fourth-order valence-corrected chi connectivity index (χ4v) is 3.72. The Morgan fingerprint density at radius 3 is 2.72 bits per heavy atom. The van der Waals surface area contributed by atoms with Gasteiger partial charge in [-0.2, -0.15) is 5.10 Å². The lowest BCUT2D eigenvalue weighted by Gasteiger charge is -2.25. The molecule has 1 aromatic carbocycles. The van der Waals surface area contributed by atoms with E-state index in [1.807, 2.05) is 10.9 Å². The minimum absolute atomic E-state index is 0.108. The molecule has 0 radical (unpaired) electrons. The second-order valence-electron chi connectivity index (χ2n) is 7.24. The number of methoxy groups -OCH3 is 1. The molecule has 3 aromatic rings. The summed E-state index contributed by atoms with van der Waals surface area (Å²) in [6, 6.07) is 6.34. The van der Waals surface area contributed by atoms with Crippen LogP contribution in [0.1, 0.15) is 42.2 Å². The molecule has 1 aliphatic rings. The molecule has 0 saturated heterocycles. The van der Waals surface area contributed by atoms with Crippen LogP contribution < -0.4 is 10.1 Å². The van der Waals surface area contributed by atoms with Crippen LogP contribution in [0.25, 0.3) is 10.9 Å². The van der Waals surface area contributed by atoms with Crippen LogP contribution in [-0.4, -0.2) is 34.1 Å². The molecular formula is C21H21FN4O3. The smallest absolute Gasteiger partial charge is 0.274 e. The Bertz CT molecular complexity index is 1040. The third kappa shape index (κ3) is 3.96. The lowest BCUT2D eigenvalue weighted by atomic mass is 9.87. The summed E-state index contributed by atoms with van der Waals surface area (Å²) in [5, 5.41) is 8.30. The molecule has 2 heterocycles. The van der Waals surface area contributed by atoms with Crippen molar-refractivity contribution in [1.82, 2.24) is 14.8 Å². The number of halogens is 1. The number of pyridine rings is 1. The van der Waals surface area contributed by atoms with Gasteiger partial charge in [0.05, 0.1) is 30.6 Å². The number of ether oxygens (including phenoxy) is 1. The second-order valence-corrected chi connectivity index (χ2v) is 7.24. The summed E-state index contributed by atoms with van der Waals surface area (Å²) in [6.45, 7) is 0. The highest BCUT2D eigenvalue weighted by Gasteiger charge is 2.23. The number of anilines is 1. The lowest BCUT2D eigenvalue weighted by molar-refractivity contribution is -0.112. The molecule has 1 amide bonds. The summed E-state index contributed by atoms with van der Waals surface area (Å²) in [4.78, 5) is 27.2. The molecule has 7 nitrogen and oxygen atoms in total. The highest BCUT2D eigenvalue weighted by Crippen LogP contribution is 2.34. The molecule has 29 heavy (non-hydrogen) atoms. The van der Waals surface area contributed by atoms with Gasteiger partial charge < -0.3 is 14.8 Å². The van der Waals surface area contributed by atoms with Gasteiger partial charge in [0, 0.05) is 23.6 Å². The summed E-state index contributed by atoms with van der Waals surface area (Å²) in [6.07, 6.45) is 7.57. The number of fused-ring (bicyclic) bond motifs is 1. The van der Waals surface area contributed by atoms with Gasteiger partial charge in [-0.05, 0) is 43.9 Å². The van der Waals surface area contributed by atoms with Crippen LogP contribution in [0.15, 0.2) is 36.7 Å². The maximum atomic E-state index is 13.0. The predicted molar refractivity (Wildman–Crippen MR) is 105 cm³/mol. The van der Waals surface area contributed by atoms with Gasteiger partial charge in [-0.1, -0.05) is 0 Å². The lowest BCUT2D eigenvalue weighted by Crippen LogP contribution is -2.19. The van der Waals surface area contributed by atoms with Crippen molar-refractivity contribution in [2.24, 2.45) is 5.92 Å². The highest BCUT2D eigenvalue weighted by molar-refractivity contribution is 6.05. The van der Waals surface area contributed by atoms with Crippen LogP contribution in [-0.2, 0) is 4.79 Å². The molecular weight excluding hydrogens is 375 g/mol. The standard InChI is InChI=1S/C21H21FN4O3/c1-29-20-9-18-14(11-26(25-18)16-5-2-13(12-27)3-6-16)8-19(20)24-21(28)17-7-4-15(22)10-23-17/h4,7-13,16H,2-3,5-6H2,1H3,(H,24,28). The summed E-state index contributed by atoms with van der Waals surface area (Å²) < 4.78 is 20.4. The maximum absolute atomic E-state index is 13.0. The first-order chi connectivity index (χ1) is 14.1. The number of hydrogen-bond donors (Lipinski definition) is 1. The predicted octanol–water partition coefficient (Wildman–Crippen LogP) is 3.76. The van der Waals surface area contributed by atoms with E-state index in [0.717, 1.165) is 49.1 Å². The van der Waals surface area contributed by atoms with Crippen molar-refractivity contribution in [3.8, 4) is 5.75 Å². The highest BCUT2D eigenvalue weighted by atomic mass is 19.1. The molecule has 0 spiro atoms. The molecule has 2 aromatic heterocycles. The molecule has 8 heteroatoms. The number of nitrogens with zero attached hydrogens (tertiary/aromatic N) is 3. The van der Waals surface area contributed by atoms with Crippen LogP contribution in [0.5, 0.6) is 5.75 Å². The van der Waals surface area contributed by atoms with Crippen LogP contribution in [0.4, 0.5) is 10.1 Å². The fourth-order valence-electron chi connectivity index (χ4n) is 3.72. The summed E-state index contributed by atoms with van der Waals surface area (Å²) in [7, 11) is 1.52. The second kappa shape index (κ2) is 7.98. The quantitative estimate of drug-likeness (QED) is 0.664. The van der Waals surface area contributed by atoms with E-state index in [2.05, 4.69) is 15.4 Å². The van der Waals surface area contributed by atoms with Crippen molar-refractivity contribution in [2.75, 3.05) is 12.4 Å². The molecule has 0 unspecified atom stereocenters. The van der Waals surface area contributed by atoms with Gasteiger partial charge in [0.2, 0.25) is 0 Å². The van der Waals surface area contributed by atoms with Crippen molar-refractivity contribution in [2.45, 2.75) is 31.7 Å². The van der Waals surface area contributed by atoms with Gasteiger partial charge in [0.15, 0.2) is 0 Å². The van der Waals surface area contributed by atoms with E-state index in [1.54, 1.807) is 12.1 Å². The van der Waals surface area contributed by atoms with Gasteiger partial charge in [0.1, 0.15) is 23.5 Å². The SMILES string of the molecule is COc1cc2nn(C3CCC(C=O)CC3)cc2cc1NC(=O)c1ccc(F)cn1. The van der Waals surface area contributed by atoms with Gasteiger partial charge in [0.25, 0.3) is 5.91 Å². The molecule has 1 aliphatic carbocycles. The Morgan fingerprint density at radius 2 is 2.07 bits per heavy atom. The first kappa shape index (κ1) is 19.0. The van der Waals surface area contributed by atoms with E-state index in [-0.39, 0.29) is 17.7 Å². The Kier molecular flexibility index (Phi) is 5.24. The fraction of sp³-hybridized carbons (Fsp3) is 0.333. The zero-order valence-electron chi connectivity index (χ0n) is 16.0. The number of benzene rings is 1.